The Kier molecular flexibility index (Phi) is 5.28. The first kappa shape index (κ1) is 15.4. The highest BCUT2D eigenvalue weighted by Gasteiger charge is 2.10. The lowest BCUT2D eigenvalue weighted by Gasteiger charge is -2.10. The molecule has 0 unspecified atom stereocenters. The van der Waals surface area contributed by atoms with Crippen LogP contribution < -0.4 is 10.1 Å². The third-order valence-corrected chi connectivity index (χ3v) is 3.26. The van der Waals surface area contributed by atoms with Gasteiger partial charge in [-0.2, -0.15) is 0 Å². The Morgan fingerprint density at radius 3 is 2.76 bits per heavy atom. The molecule has 21 heavy (non-hydrogen) atoms. The highest BCUT2D eigenvalue weighted by Crippen LogP contribution is 2.18. The number of aryl methyl sites for hydroxylation is 2. The number of furan rings is 1. The summed E-state index contributed by atoms with van der Waals surface area (Å²) in [5.41, 5.74) is 2.28. The van der Waals surface area contributed by atoms with Crippen molar-refractivity contribution in [1.29, 1.82) is 0 Å². The van der Waals surface area contributed by atoms with Gasteiger partial charge in [0.25, 0.3) is 5.91 Å². The van der Waals surface area contributed by atoms with Crippen LogP contribution in [0.1, 0.15) is 27.4 Å². The predicted molar refractivity (Wildman–Crippen MR) is 82.0 cm³/mol. The fourth-order valence-electron chi connectivity index (χ4n) is 1.95. The van der Waals surface area contributed by atoms with E-state index in [1.165, 1.54) is 5.56 Å². The average molecular weight is 308 g/mol. The molecule has 0 saturated heterocycles. The fourth-order valence-corrected chi connectivity index (χ4v) is 2.09. The maximum absolute atomic E-state index is 11.8. The van der Waals surface area contributed by atoms with E-state index in [4.69, 9.17) is 20.8 Å². The second-order valence-corrected chi connectivity index (χ2v) is 5.04. The molecule has 0 saturated carbocycles. The van der Waals surface area contributed by atoms with Gasteiger partial charge in [0.1, 0.15) is 18.1 Å². The van der Waals surface area contributed by atoms with Crippen LogP contribution in [-0.4, -0.2) is 19.1 Å². The molecule has 2 rings (SSSR count). The molecule has 0 radical (unpaired) electrons. The summed E-state index contributed by atoms with van der Waals surface area (Å²) in [6.45, 7) is 4.84. The maximum atomic E-state index is 11.8. The lowest BCUT2D eigenvalue weighted by atomic mass is 10.1. The molecule has 0 fully saturated rings. The van der Waals surface area contributed by atoms with E-state index in [0.717, 1.165) is 11.3 Å². The average Bonchev–Trinajstić information content (AvgIpc) is 2.94. The lowest BCUT2D eigenvalue weighted by Crippen LogP contribution is -2.27. The summed E-state index contributed by atoms with van der Waals surface area (Å²) >= 11 is 5.62. The molecule has 2 aromatic rings. The summed E-state index contributed by atoms with van der Waals surface area (Å²) in [5.74, 6) is 1.65. The van der Waals surface area contributed by atoms with Crippen LogP contribution in [0.2, 0.25) is 0 Å². The number of alkyl halides is 1. The molecule has 0 spiro atoms. The Labute approximate surface area is 129 Å². The maximum Gasteiger partial charge on any atom is 0.287 e. The smallest absolute Gasteiger partial charge is 0.287 e. The van der Waals surface area contributed by atoms with E-state index in [1.54, 1.807) is 12.1 Å². The molecule has 0 aliphatic carbocycles. The van der Waals surface area contributed by atoms with Gasteiger partial charge in [0.15, 0.2) is 5.76 Å². The third kappa shape index (κ3) is 4.26. The van der Waals surface area contributed by atoms with Crippen molar-refractivity contribution >= 4 is 17.5 Å². The van der Waals surface area contributed by atoms with Gasteiger partial charge in [-0.15, -0.1) is 11.6 Å². The Morgan fingerprint density at radius 1 is 1.29 bits per heavy atom. The number of halogens is 1. The number of rotatable bonds is 6. The van der Waals surface area contributed by atoms with Crippen molar-refractivity contribution in [2.75, 3.05) is 13.2 Å². The van der Waals surface area contributed by atoms with Gasteiger partial charge in [0.05, 0.1) is 12.4 Å². The van der Waals surface area contributed by atoms with Crippen LogP contribution in [-0.2, 0) is 5.88 Å². The number of ether oxygens (including phenoxy) is 1. The van der Waals surface area contributed by atoms with Crippen LogP contribution in [0.25, 0.3) is 0 Å². The highest BCUT2D eigenvalue weighted by atomic mass is 35.5. The largest absolute Gasteiger partial charge is 0.491 e. The number of amides is 1. The summed E-state index contributed by atoms with van der Waals surface area (Å²) in [6.07, 6.45) is 0. The Morgan fingerprint density at radius 2 is 2.10 bits per heavy atom. The molecule has 1 heterocycles. The molecule has 1 aromatic heterocycles. The zero-order valence-electron chi connectivity index (χ0n) is 12.1. The first-order valence-corrected chi connectivity index (χ1v) is 7.26. The number of carbonyl (C=O) groups excluding carboxylic acids is 1. The van der Waals surface area contributed by atoms with Gasteiger partial charge in [-0.1, -0.05) is 17.7 Å². The van der Waals surface area contributed by atoms with E-state index < -0.39 is 0 Å². The number of benzene rings is 1. The van der Waals surface area contributed by atoms with Crippen molar-refractivity contribution in [3.8, 4) is 5.75 Å². The minimum absolute atomic E-state index is 0.253. The SMILES string of the molecule is Cc1ccc(OCCNC(=O)c2ccc(CCl)o2)c(C)c1. The molecule has 1 N–H and O–H groups in total. The number of hydrogen-bond acceptors (Lipinski definition) is 3. The molecule has 1 amide bonds. The first-order valence-electron chi connectivity index (χ1n) is 6.73. The summed E-state index contributed by atoms with van der Waals surface area (Å²) in [5, 5.41) is 2.74. The minimum Gasteiger partial charge on any atom is -0.491 e. The van der Waals surface area contributed by atoms with Gasteiger partial charge >= 0.3 is 0 Å². The fraction of sp³-hybridized carbons (Fsp3) is 0.312. The highest BCUT2D eigenvalue weighted by molar-refractivity contribution is 6.16. The van der Waals surface area contributed by atoms with Crippen LogP contribution in [0.15, 0.2) is 34.7 Å². The Balaban J connectivity index is 1.77. The van der Waals surface area contributed by atoms with Gasteiger partial charge in [-0.3, -0.25) is 4.79 Å². The van der Waals surface area contributed by atoms with E-state index in [-0.39, 0.29) is 17.5 Å². The van der Waals surface area contributed by atoms with E-state index >= 15 is 0 Å². The normalized spacial score (nSPS) is 10.4. The topological polar surface area (TPSA) is 51.5 Å². The van der Waals surface area contributed by atoms with Gasteiger partial charge in [0.2, 0.25) is 0 Å². The molecular weight excluding hydrogens is 290 g/mol. The zero-order valence-corrected chi connectivity index (χ0v) is 12.9. The van der Waals surface area contributed by atoms with Crippen LogP contribution >= 0.6 is 11.6 Å². The van der Waals surface area contributed by atoms with Crippen molar-refractivity contribution in [1.82, 2.24) is 5.32 Å². The van der Waals surface area contributed by atoms with Crippen molar-refractivity contribution in [2.45, 2.75) is 19.7 Å². The van der Waals surface area contributed by atoms with Crippen molar-refractivity contribution in [3.63, 3.8) is 0 Å². The standard InChI is InChI=1S/C16H18ClNO3/c1-11-3-5-14(12(2)9-11)20-8-7-18-16(19)15-6-4-13(10-17)21-15/h3-6,9H,7-8,10H2,1-2H3,(H,18,19). The molecule has 4 nitrogen and oxygen atoms in total. The monoisotopic (exact) mass is 307 g/mol. The van der Waals surface area contributed by atoms with E-state index in [1.807, 2.05) is 26.0 Å². The number of hydrogen-bond donors (Lipinski definition) is 1. The molecule has 5 heteroatoms. The summed E-state index contributed by atoms with van der Waals surface area (Å²) < 4.78 is 10.9. The van der Waals surface area contributed by atoms with Gasteiger partial charge in [0, 0.05) is 0 Å². The third-order valence-electron chi connectivity index (χ3n) is 2.99. The van der Waals surface area contributed by atoms with Gasteiger partial charge in [-0.05, 0) is 37.6 Å². The molecule has 0 aliphatic heterocycles. The summed E-state index contributed by atoms with van der Waals surface area (Å²) in [7, 11) is 0. The number of nitrogens with one attached hydrogen (secondary N) is 1. The lowest BCUT2D eigenvalue weighted by molar-refractivity contribution is 0.0918. The van der Waals surface area contributed by atoms with Crippen LogP contribution in [0.4, 0.5) is 0 Å². The van der Waals surface area contributed by atoms with Crippen LogP contribution in [0, 0.1) is 13.8 Å². The van der Waals surface area contributed by atoms with Crippen LogP contribution in [0.5, 0.6) is 5.75 Å². The quantitative estimate of drug-likeness (QED) is 0.657. The summed E-state index contributed by atoms with van der Waals surface area (Å²) in [4.78, 5) is 11.8. The minimum atomic E-state index is -0.268. The molecule has 0 atom stereocenters. The van der Waals surface area contributed by atoms with E-state index in [9.17, 15) is 4.79 Å². The van der Waals surface area contributed by atoms with Crippen molar-refractivity contribution in [2.24, 2.45) is 0 Å². The predicted octanol–water partition coefficient (Wildman–Crippen LogP) is 3.44. The number of carbonyl (C=O) groups is 1. The van der Waals surface area contributed by atoms with Gasteiger partial charge in [-0.25, -0.2) is 0 Å². The zero-order chi connectivity index (χ0) is 15.2. The van der Waals surface area contributed by atoms with E-state index in [2.05, 4.69) is 11.4 Å². The Hall–Kier alpha value is -1.94. The molecule has 0 aliphatic rings. The Bertz CT molecular complexity index is 622. The van der Waals surface area contributed by atoms with E-state index in [0.29, 0.717) is 18.9 Å². The van der Waals surface area contributed by atoms with Crippen LogP contribution in [0.3, 0.4) is 0 Å². The summed E-state index contributed by atoms with van der Waals surface area (Å²) in [6, 6.07) is 9.29. The second kappa shape index (κ2) is 7.18. The van der Waals surface area contributed by atoms with Gasteiger partial charge < -0.3 is 14.5 Å². The second-order valence-electron chi connectivity index (χ2n) is 4.77. The molecular formula is C16H18ClNO3. The van der Waals surface area contributed by atoms with Crippen molar-refractivity contribution in [3.05, 3.63) is 53.0 Å². The first-order chi connectivity index (χ1) is 10.1. The van der Waals surface area contributed by atoms with Crippen molar-refractivity contribution < 1.29 is 13.9 Å². The molecule has 112 valence electrons. The molecule has 0 bridgehead atoms. The molecule has 1 aromatic carbocycles.